The second-order valence-electron chi connectivity index (χ2n) is 4.73. The van der Waals surface area contributed by atoms with E-state index in [0.29, 0.717) is 12.2 Å². The maximum Gasteiger partial charge on any atom is 0.141 e. The molecule has 0 unspecified atom stereocenters. The monoisotopic (exact) mass is 168 g/mol. The average molecular weight is 168 g/mol. The van der Waals surface area contributed by atoms with Crippen LogP contribution in [0.2, 0.25) is 0 Å². The van der Waals surface area contributed by atoms with Crippen molar-refractivity contribution < 1.29 is 9.53 Å². The van der Waals surface area contributed by atoms with Crippen LogP contribution in [0.4, 0.5) is 0 Å². The number of Topliss-reactive ketones (excluding diaryl/α,β-unsaturated/α-hetero) is 1. The number of carbonyl (C=O) groups excluding carboxylic acids is 1. The number of ketones is 1. The minimum Gasteiger partial charge on any atom is -0.368 e. The van der Waals surface area contributed by atoms with Crippen molar-refractivity contribution in [3.05, 3.63) is 0 Å². The standard InChI is InChI=1S/C10H16O2/c1-7-8(11)6-9(2)4-5-10(7,3)12-9/h7H,4-6H2,1-3H3/t7-,9-,10+/m1/s1. The smallest absolute Gasteiger partial charge is 0.141 e. The lowest BCUT2D eigenvalue weighted by Gasteiger charge is -2.39. The van der Waals surface area contributed by atoms with Crippen LogP contribution in [0, 0.1) is 5.92 Å². The number of hydrogen-bond donors (Lipinski definition) is 0. The van der Waals surface area contributed by atoms with Crippen LogP contribution in [0.5, 0.6) is 0 Å². The first kappa shape index (κ1) is 8.24. The quantitative estimate of drug-likeness (QED) is 0.552. The molecule has 0 radical (unpaired) electrons. The van der Waals surface area contributed by atoms with Gasteiger partial charge in [0.1, 0.15) is 5.78 Å². The van der Waals surface area contributed by atoms with E-state index in [-0.39, 0.29) is 17.1 Å². The molecule has 2 aliphatic rings. The van der Waals surface area contributed by atoms with E-state index in [1.54, 1.807) is 0 Å². The zero-order valence-electron chi connectivity index (χ0n) is 8.02. The summed E-state index contributed by atoms with van der Waals surface area (Å²) < 4.78 is 5.93. The fourth-order valence-electron chi connectivity index (χ4n) is 2.47. The normalized spacial score (nSPS) is 52.9. The predicted molar refractivity (Wildman–Crippen MR) is 45.9 cm³/mol. The average Bonchev–Trinajstić information content (AvgIpc) is 2.22. The molecule has 0 spiro atoms. The lowest BCUT2D eigenvalue weighted by molar-refractivity contribution is -0.167. The second kappa shape index (κ2) is 2.11. The van der Waals surface area contributed by atoms with Crippen molar-refractivity contribution in [1.82, 2.24) is 0 Å². The van der Waals surface area contributed by atoms with Crippen molar-refractivity contribution in [2.45, 2.75) is 51.2 Å². The number of carbonyl (C=O) groups is 1. The molecule has 2 nitrogen and oxygen atoms in total. The van der Waals surface area contributed by atoms with Gasteiger partial charge in [0, 0.05) is 12.3 Å². The predicted octanol–water partition coefficient (Wildman–Crippen LogP) is 1.92. The van der Waals surface area contributed by atoms with Gasteiger partial charge in [-0.05, 0) is 26.7 Å². The summed E-state index contributed by atoms with van der Waals surface area (Å²) in [5, 5.41) is 0. The fourth-order valence-corrected chi connectivity index (χ4v) is 2.47. The Morgan fingerprint density at radius 2 is 2.08 bits per heavy atom. The molecule has 3 atom stereocenters. The minimum atomic E-state index is -0.163. The summed E-state index contributed by atoms with van der Waals surface area (Å²) in [5.41, 5.74) is -0.303. The van der Waals surface area contributed by atoms with E-state index in [1.807, 2.05) is 6.92 Å². The van der Waals surface area contributed by atoms with Gasteiger partial charge < -0.3 is 4.74 Å². The van der Waals surface area contributed by atoms with Gasteiger partial charge in [-0.1, -0.05) is 6.92 Å². The zero-order chi connectivity index (χ0) is 8.98. The van der Waals surface area contributed by atoms with Crippen LogP contribution in [0.15, 0.2) is 0 Å². The van der Waals surface area contributed by atoms with Gasteiger partial charge in [0.2, 0.25) is 0 Å². The highest BCUT2D eigenvalue weighted by molar-refractivity contribution is 5.84. The van der Waals surface area contributed by atoms with Gasteiger partial charge in [-0.25, -0.2) is 0 Å². The SMILES string of the molecule is C[C@@H]1C(=O)C[C@@]2(C)CC[C@]1(C)O2. The molecule has 2 fully saturated rings. The first-order valence-corrected chi connectivity index (χ1v) is 4.68. The second-order valence-corrected chi connectivity index (χ2v) is 4.73. The van der Waals surface area contributed by atoms with Crippen LogP contribution in [0.3, 0.4) is 0 Å². The third-order valence-corrected chi connectivity index (χ3v) is 3.58. The maximum atomic E-state index is 11.6. The Bertz CT molecular complexity index is 236. The molecule has 2 bridgehead atoms. The Labute approximate surface area is 73.3 Å². The van der Waals surface area contributed by atoms with Gasteiger partial charge in [-0.2, -0.15) is 0 Å². The number of rotatable bonds is 0. The molecular formula is C10H16O2. The Morgan fingerprint density at radius 1 is 1.42 bits per heavy atom. The molecule has 2 saturated heterocycles. The van der Waals surface area contributed by atoms with Gasteiger partial charge in [0.25, 0.3) is 0 Å². The van der Waals surface area contributed by atoms with Crippen LogP contribution in [0.1, 0.15) is 40.0 Å². The molecule has 0 saturated carbocycles. The number of fused-ring (bicyclic) bond motifs is 2. The van der Waals surface area contributed by atoms with E-state index in [1.165, 1.54) is 0 Å². The lowest BCUT2D eigenvalue weighted by atomic mass is 9.84. The van der Waals surface area contributed by atoms with E-state index in [9.17, 15) is 4.79 Å². The molecule has 0 amide bonds. The Hall–Kier alpha value is -0.370. The van der Waals surface area contributed by atoms with Crippen molar-refractivity contribution in [3.63, 3.8) is 0 Å². The Balaban J connectivity index is 2.34. The van der Waals surface area contributed by atoms with E-state index >= 15 is 0 Å². The molecule has 0 aromatic carbocycles. The fraction of sp³-hybridized carbons (Fsp3) is 0.900. The van der Waals surface area contributed by atoms with Crippen molar-refractivity contribution in [2.75, 3.05) is 0 Å². The van der Waals surface area contributed by atoms with Gasteiger partial charge in [0.05, 0.1) is 11.2 Å². The van der Waals surface area contributed by atoms with E-state index in [4.69, 9.17) is 4.74 Å². The van der Waals surface area contributed by atoms with E-state index in [2.05, 4.69) is 13.8 Å². The molecule has 0 aliphatic carbocycles. The summed E-state index contributed by atoms with van der Waals surface area (Å²) in [6, 6.07) is 0. The van der Waals surface area contributed by atoms with Gasteiger partial charge in [-0.15, -0.1) is 0 Å². The molecule has 0 N–H and O–H groups in total. The summed E-state index contributed by atoms with van der Waals surface area (Å²) in [6.07, 6.45) is 2.69. The van der Waals surface area contributed by atoms with Crippen molar-refractivity contribution in [1.29, 1.82) is 0 Å². The minimum absolute atomic E-state index is 0.0908. The maximum absolute atomic E-state index is 11.6. The van der Waals surface area contributed by atoms with Crippen LogP contribution < -0.4 is 0 Å². The first-order valence-electron chi connectivity index (χ1n) is 4.68. The van der Waals surface area contributed by atoms with Crippen LogP contribution in [0.25, 0.3) is 0 Å². The van der Waals surface area contributed by atoms with Crippen molar-refractivity contribution >= 4 is 5.78 Å². The highest BCUT2D eigenvalue weighted by Gasteiger charge is 2.54. The summed E-state index contributed by atoms with van der Waals surface area (Å²) >= 11 is 0. The molecular weight excluding hydrogens is 152 g/mol. The lowest BCUT2D eigenvalue weighted by Crippen LogP contribution is -2.47. The molecule has 2 heteroatoms. The van der Waals surface area contributed by atoms with E-state index in [0.717, 1.165) is 12.8 Å². The summed E-state index contributed by atoms with van der Waals surface area (Å²) in [4.78, 5) is 11.6. The van der Waals surface area contributed by atoms with Crippen LogP contribution in [-0.4, -0.2) is 17.0 Å². The van der Waals surface area contributed by atoms with E-state index < -0.39 is 0 Å². The zero-order valence-corrected chi connectivity index (χ0v) is 8.02. The third-order valence-electron chi connectivity index (χ3n) is 3.58. The van der Waals surface area contributed by atoms with Crippen molar-refractivity contribution in [2.24, 2.45) is 5.92 Å². The number of ether oxygens (including phenoxy) is 1. The third kappa shape index (κ3) is 0.939. The summed E-state index contributed by atoms with van der Waals surface area (Å²) in [5.74, 6) is 0.469. The molecule has 2 heterocycles. The molecule has 12 heavy (non-hydrogen) atoms. The summed E-state index contributed by atoms with van der Waals surface area (Å²) in [7, 11) is 0. The van der Waals surface area contributed by atoms with Crippen LogP contribution in [-0.2, 0) is 9.53 Å². The molecule has 0 aromatic rings. The first-order chi connectivity index (χ1) is 5.45. The Morgan fingerprint density at radius 3 is 2.75 bits per heavy atom. The highest BCUT2D eigenvalue weighted by Crippen LogP contribution is 2.48. The molecule has 2 aliphatic heterocycles. The van der Waals surface area contributed by atoms with Gasteiger partial charge >= 0.3 is 0 Å². The number of hydrogen-bond acceptors (Lipinski definition) is 2. The molecule has 68 valence electrons. The Kier molecular flexibility index (Phi) is 1.45. The van der Waals surface area contributed by atoms with Crippen LogP contribution >= 0.6 is 0 Å². The topological polar surface area (TPSA) is 26.3 Å². The van der Waals surface area contributed by atoms with Gasteiger partial charge in [-0.3, -0.25) is 4.79 Å². The molecule has 0 aromatic heterocycles. The summed E-state index contributed by atoms with van der Waals surface area (Å²) in [6.45, 7) is 6.12. The molecule has 2 rings (SSSR count). The van der Waals surface area contributed by atoms with Gasteiger partial charge in [0.15, 0.2) is 0 Å². The largest absolute Gasteiger partial charge is 0.368 e. The van der Waals surface area contributed by atoms with Crippen molar-refractivity contribution in [3.8, 4) is 0 Å². The highest BCUT2D eigenvalue weighted by atomic mass is 16.5.